The first kappa shape index (κ1) is 13.7. The fourth-order valence-electron chi connectivity index (χ4n) is 3.60. The van der Waals surface area contributed by atoms with E-state index in [1.54, 1.807) is 11.3 Å². The average molecular weight is 314 g/mol. The lowest BCUT2D eigenvalue weighted by molar-refractivity contribution is -0.129. The lowest BCUT2D eigenvalue weighted by atomic mass is 10.1. The number of thiazole rings is 1. The number of amides is 1. The zero-order valence-corrected chi connectivity index (χ0v) is 13.3. The molecule has 6 heteroatoms. The van der Waals surface area contributed by atoms with Crippen molar-refractivity contribution in [3.63, 3.8) is 0 Å². The van der Waals surface area contributed by atoms with Crippen molar-refractivity contribution in [3.05, 3.63) is 40.5 Å². The van der Waals surface area contributed by atoms with Crippen molar-refractivity contribution in [1.82, 2.24) is 14.9 Å². The van der Waals surface area contributed by atoms with Crippen molar-refractivity contribution in [3.8, 4) is 0 Å². The van der Waals surface area contributed by atoms with Gasteiger partial charge in [-0.15, -0.1) is 11.3 Å². The van der Waals surface area contributed by atoms with E-state index in [2.05, 4.69) is 20.2 Å². The molecule has 2 fully saturated rings. The van der Waals surface area contributed by atoms with E-state index in [1.165, 1.54) is 0 Å². The second-order valence-electron chi connectivity index (χ2n) is 5.89. The van der Waals surface area contributed by atoms with Gasteiger partial charge in [0, 0.05) is 24.5 Å². The van der Waals surface area contributed by atoms with Crippen LogP contribution in [0, 0.1) is 6.92 Å². The van der Waals surface area contributed by atoms with Crippen LogP contribution in [0.3, 0.4) is 0 Å². The summed E-state index contributed by atoms with van der Waals surface area (Å²) in [5.74, 6) is 1.22. The average Bonchev–Trinajstić information content (AvgIpc) is 3.19. The summed E-state index contributed by atoms with van der Waals surface area (Å²) < 4.78 is 0. The van der Waals surface area contributed by atoms with Gasteiger partial charge < -0.3 is 9.80 Å². The Labute approximate surface area is 133 Å². The fourth-order valence-corrected chi connectivity index (χ4v) is 4.20. The number of likely N-dealkylation sites (tertiary alicyclic amines) is 1. The highest BCUT2D eigenvalue weighted by Crippen LogP contribution is 2.35. The molecule has 0 aliphatic carbocycles. The van der Waals surface area contributed by atoms with Gasteiger partial charge in [0.2, 0.25) is 5.91 Å². The van der Waals surface area contributed by atoms with Crippen LogP contribution >= 0.6 is 11.3 Å². The van der Waals surface area contributed by atoms with Crippen LogP contribution in [0.1, 0.15) is 23.5 Å². The summed E-state index contributed by atoms with van der Waals surface area (Å²) in [4.78, 5) is 25.7. The molecular weight excluding hydrogens is 296 g/mol. The smallest absolute Gasteiger partial charge is 0.225 e. The number of fused-ring (bicyclic) bond motifs is 1. The Balaban J connectivity index is 1.54. The van der Waals surface area contributed by atoms with E-state index >= 15 is 0 Å². The molecule has 5 nitrogen and oxygen atoms in total. The van der Waals surface area contributed by atoms with E-state index in [9.17, 15) is 4.79 Å². The lowest BCUT2D eigenvalue weighted by Gasteiger charge is -2.25. The quantitative estimate of drug-likeness (QED) is 0.872. The van der Waals surface area contributed by atoms with E-state index in [-0.39, 0.29) is 18.0 Å². The number of hydrogen-bond acceptors (Lipinski definition) is 5. The van der Waals surface area contributed by atoms with Crippen LogP contribution in [0.15, 0.2) is 29.8 Å². The number of carbonyl (C=O) groups is 1. The standard InChI is InChI=1S/C16H18N4OS/c1-11-18-12(10-22-11)9-20-13-5-7-19(14(13)8-16(20)21)15-4-2-3-6-17-15/h2-4,6,10,13-14H,5,7-9H2,1H3/t13-,14+/m1/s1. The number of carbonyl (C=O) groups excluding carboxylic acids is 1. The predicted octanol–water partition coefficient (Wildman–Crippen LogP) is 2.23. The Bertz CT molecular complexity index is 686. The van der Waals surface area contributed by atoms with Crippen molar-refractivity contribution in [2.45, 2.75) is 38.4 Å². The maximum atomic E-state index is 12.4. The van der Waals surface area contributed by atoms with Crippen LogP contribution in [0.2, 0.25) is 0 Å². The zero-order chi connectivity index (χ0) is 15.1. The molecule has 0 N–H and O–H groups in total. The molecule has 0 radical (unpaired) electrons. The van der Waals surface area contributed by atoms with Gasteiger partial charge in [0.25, 0.3) is 0 Å². The molecule has 22 heavy (non-hydrogen) atoms. The summed E-state index contributed by atoms with van der Waals surface area (Å²) in [5.41, 5.74) is 1.01. The largest absolute Gasteiger partial charge is 0.351 e. The lowest BCUT2D eigenvalue weighted by Crippen LogP contribution is -2.37. The van der Waals surface area contributed by atoms with Crippen LogP contribution in [-0.2, 0) is 11.3 Å². The number of pyridine rings is 1. The number of rotatable bonds is 3. The van der Waals surface area contributed by atoms with Crippen molar-refractivity contribution < 1.29 is 4.79 Å². The molecule has 0 aromatic carbocycles. The molecule has 2 saturated heterocycles. The summed E-state index contributed by atoms with van der Waals surface area (Å²) in [5, 5.41) is 3.11. The monoisotopic (exact) mass is 314 g/mol. The molecular formula is C16H18N4OS. The fraction of sp³-hybridized carbons (Fsp3) is 0.438. The first-order valence-corrected chi connectivity index (χ1v) is 8.48. The number of aromatic nitrogens is 2. The molecule has 2 atom stereocenters. The van der Waals surface area contributed by atoms with Crippen LogP contribution in [0.25, 0.3) is 0 Å². The third-order valence-electron chi connectivity index (χ3n) is 4.56. The highest BCUT2D eigenvalue weighted by atomic mass is 32.1. The molecule has 0 unspecified atom stereocenters. The van der Waals surface area contributed by atoms with Crippen LogP contribution in [0.4, 0.5) is 5.82 Å². The highest BCUT2D eigenvalue weighted by molar-refractivity contribution is 7.09. The SMILES string of the molecule is Cc1nc(CN2C(=O)C[C@H]3[C@H]2CCN3c2ccccn2)cs1. The third-order valence-corrected chi connectivity index (χ3v) is 5.38. The van der Waals surface area contributed by atoms with E-state index in [4.69, 9.17) is 0 Å². The Kier molecular flexibility index (Phi) is 3.33. The van der Waals surface area contributed by atoms with Gasteiger partial charge in [-0.2, -0.15) is 0 Å². The topological polar surface area (TPSA) is 49.3 Å². The van der Waals surface area contributed by atoms with E-state index in [0.717, 1.165) is 29.5 Å². The van der Waals surface area contributed by atoms with Gasteiger partial charge >= 0.3 is 0 Å². The van der Waals surface area contributed by atoms with Gasteiger partial charge in [-0.3, -0.25) is 4.79 Å². The zero-order valence-electron chi connectivity index (χ0n) is 12.5. The molecule has 0 saturated carbocycles. The first-order valence-electron chi connectivity index (χ1n) is 7.60. The minimum Gasteiger partial charge on any atom is -0.351 e. The van der Waals surface area contributed by atoms with Crippen LogP contribution < -0.4 is 4.90 Å². The van der Waals surface area contributed by atoms with E-state index < -0.39 is 0 Å². The summed E-state index contributed by atoms with van der Waals surface area (Å²) in [6.07, 6.45) is 3.41. The van der Waals surface area contributed by atoms with E-state index in [0.29, 0.717) is 13.0 Å². The minimum absolute atomic E-state index is 0.237. The molecule has 0 spiro atoms. The predicted molar refractivity (Wildman–Crippen MR) is 85.8 cm³/mol. The maximum absolute atomic E-state index is 12.4. The van der Waals surface area contributed by atoms with Crippen molar-refractivity contribution >= 4 is 23.1 Å². The van der Waals surface area contributed by atoms with Gasteiger partial charge in [-0.05, 0) is 25.5 Å². The van der Waals surface area contributed by atoms with Crippen LogP contribution in [-0.4, -0.2) is 39.4 Å². The Morgan fingerprint density at radius 3 is 3.00 bits per heavy atom. The summed E-state index contributed by atoms with van der Waals surface area (Å²) in [7, 11) is 0. The van der Waals surface area contributed by atoms with Gasteiger partial charge in [-0.1, -0.05) is 6.07 Å². The normalized spacial score (nSPS) is 24.1. The number of hydrogen-bond donors (Lipinski definition) is 0. The second-order valence-corrected chi connectivity index (χ2v) is 6.95. The van der Waals surface area contributed by atoms with Gasteiger partial charge in [-0.25, -0.2) is 9.97 Å². The minimum atomic E-state index is 0.237. The third kappa shape index (κ3) is 2.27. The molecule has 2 aliphatic heterocycles. The Morgan fingerprint density at radius 2 is 2.27 bits per heavy atom. The van der Waals surface area contributed by atoms with Crippen molar-refractivity contribution in [1.29, 1.82) is 0 Å². The highest BCUT2D eigenvalue weighted by Gasteiger charge is 2.47. The summed E-state index contributed by atoms with van der Waals surface area (Å²) in [6, 6.07) is 6.49. The first-order chi connectivity index (χ1) is 10.7. The van der Waals surface area contributed by atoms with Gasteiger partial charge in [0.05, 0.1) is 29.3 Å². The summed E-state index contributed by atoms with van der Waals surface area (Å²) >= 11 is 1.64. The van der Waals surface area contributed by atoms with Crippen molar-refractivity contribution in [2.75, 3.05) is 11.4 Å². The molecule has 0 bridgehead atoms. The second kappa shape index (κ2) is 5.35. The molecule has 4 heterocycles. The number of anilines is 1. The number of nitrogens with zero attached hydrogens (tertiary/aromatic N) is 4. The number of aryl methyl sites for hydroxylation is 1. The maximum Gasteiger partial charge on any atom is 0.225 e. The molecule has 2 aliphatic rings. The molecule has 4 rings (SSSR count). The Hall–Kier alpha value is -1.95. The molecule has 2 aromatic heterocycles. The summed E-state index contributed by atoms with van der Waals surface area (Å²) in [6.45, 7) is 3.60. The molecule has 114 valence electrons. The molecule has 2 aromatic rings. The van der Waals surface area contributed by atoms with E-state index in [1.807, 2.05) is 36.2 Å². The van der Waals surface area contributed by atoms with Gasteiger partial charge in [0.15, 0.2) is 0 Å². The Morgan fingerprint density at radius 1 is 1.36 bits per heavy atom. The van der Waals surface area contributed by atoms with Crippen molar-refractivity contribution in [2.24, 2.45) is 0 Å². The molecule has 1 amide bonds. The van der Waals surface area contributed by atoms with Crippen LogP contribution in [0.5, 0.6) is 0 Å². The van der Waals surface area contributed by atoms with Gasteiger partial charge in [0.1, 0.15) is 5.82 Å².